The van der Waals surface area contributed by atoms with Crippen LogP contribution in [0.15, 0.2) is 48.6 Å². The summed E-state index contributed by atoms with van der Waals surface area (Å²) < 4.78 is 7.83. The topological polar surface area (TPSA) is 144 Å². The largest absolute Gasteiger partial charge is 0.504 e. The van der Waals surface area contributed by atoms with E-state index in [0.29, 0.717) is 49.6 Å². The molecule has 0 aliphatic carbocycles. The number of para-hydroxylation sites is 1. The Morgan fingerprint density at radius 2 is 1.73 bits per heavy atom. The Labute approximate surface area is 238 Å². The maximum Gasteiger partial charge on any atom is 0.253 e. The zero-order chi connectivity index (χ0) is 28.9. The number of nitrogens with zero attached hydrogens (tertiary/aromatic N) is 4. The minimum Gasteiger partial charge on any atom is -0.504 e. The van der Waals surface area contributed by atoms with Gasteiger partial charge in [0.2, 0.25) is 0 Å². The number of phenols is 2. The van der Waals surface area contributed by atoms with Crippen molar-refractivity contribution in [2.75, 3.05) is 25.5 Å². The van der Waals surface area contributed by atoms with E-state index in [2.05, 4.69) is 22.5 Å². The maximum absolute atomic E-state index is 11.6. The molecule has 4 N–H and O–H groups in total. The summed E-state index contributed by atoms with van der Waals surface area (Å²) in [6.45, 7) is 3.85. The van der Waals surface area contributed by atoms with Gasteiger partial charge in [-0.05, 0) is 49.4 Å². The van der Waals surface area contributed by atoms with E-state index >= 15 is 0 Å². The van der Waals surface area contributed by atoms with E-state index in [1.54, 1.807) is 12.1 Å². The lowest BCUT2D eigenvalue weighted by Crippen LogP contribution is -2.31. The van der Waals surface area contributed by atoms with Crippen LogP contribution in [0.2, 0.25) is 0 Å². The monoisotopic (exact) mass is 557 g/mol. The van der Waals surface area contributed by atoms with Crippen LogP contribution in [-0.2, 0) is 33.7 Å². The van der Waals surface area contributed by atoms with Gasteiger partial charge in [0.25, 0.3) is 11.8 Å². The number of ether oxygens (including phenoxy) is 1. The molecule has 0 fully saturated rings. The van der Waals surface area contributed by atoms with Gasteiger partial charge in [-0.25, -0.2) is 9.97 Å². The second kappa shape index (κ2) is 12.4. The van der Waals surface area contributed by atoms with Gasteiger partial charge >= 0.3 is 0 Å². The van der Waals surface area contributed by atoms with E-state index in [-0.39, 0.29) is 23.3 Å². The molecule has 0 saturated carbocycles. The zero-order valence-electron chi connectivity index (χ0n) is 23.2. The fourth-order valence-corrected chi connectivity index (χ4v) is 5.19. The van der Waals surface area contributed by atoms with Gasteiger partial charge in [-0.1, -0.05) is 31.5 Å². The van der Waals surface area contributed by atoms with Gasteiger partial charge in [-0.15, -0.1) is 0 Å². The fourth-order valence-electron chi connectivity index (χ4n) is 5.19. The van der Waals surface area contributed by atoms with Gasteiger partial charge in [0, 0.05) is 49.3 Å². The minimum atomic E-state index is -0.269. The molecule has 3 heterocycles. The predicted molar refractivity (Wildman–Crippen MR) is 157 cm³/mol. The highest BCUT2D eigenvalue weighted by molar-refractivity contribution is 6.12. The molecule has 2 aromatic carbocycles. The number of phenolic OH excluding ortho intramolecular Hbond substituents is 2. The number of aromatic hydroxyl groups is 2. The lowest BCUT2D eigenvalue weighted by molar-refractivity contribution is -0.136. The molecule has 1 aliphatic rings. The number of hydrogen-bond donors (Lipinski definition) is 3. The normalized spacial score (nSPS) is 13.3. The number of anilines is 1. The summed E-state index contributed by atoms with van der Waals surface area (Å²) in [5.41, 5.74) is 10.3. The minimum absolute atomic E-state index is 0.141. The molecular weight excluding hydrogens is 522 g/mol. The molecule has 0 atom stereocenters. The molecule has 10 heteroatoms. The van der Waals surface area contributed by atoms with Crippen LogP contribution < -0.4 is 5.73 Å². The van der Waals surface area contributed by atoms with Crippen LogP contribution in [0.5, 0.6) is 11.5 Å². The average Bonchev–Trinajstić information content (AvgIpc) is 3.49. The van der Waals surface area contributed by atoms with Crippen LogP contribution in [-0.4, -0.2) is 61.2 Å². The molecule has 0 spiro atoms. The first-order valence-electron chi connectivity index (χ1n) is 14.1. The van der Waals surface area contributed by atoms with Gasteiger partial charge in [0.05, 0.1) is 17.6 Å². The Balaban J connectivity index is 1.34. The van der Waals surface area contributed by atoms with Gasteiger partial charge in [0.15, 0.2) is 17.3 Å². The first kappa shape index (κ1) is 28.1. The third-order valence-corrected chi connectivity index (χ3v) is 7.35. The van der Waals surface area contributed by atoms with Crippen LogP contribution in [0.25, 0.3) is 21.9 Å². The number of nitrogen functional groups attached to an aromatic ring is 1. The van der Waals surface area contributed by atoms with Gasteiger partial charge in [0.1, 0.15) is 11.3 Å². The molecule has 5 rings (SSSR count). The van der Waals surface area contributed by atoms with Crippen molar-refractivity contribution in [3.63, 3.8) is 0 Å². The molecule has 0 unspecified atom stereocenters. The van der Waals surface area contributed by atoms with E-state index in [4.69, 9.17) is 15.5 Å². The predicted octanol–water partition coefficient (Wildman–Crippen LogP) is 4.23. The van der Waals surface area contributed by atoms with Crippen molar-refractivity contribution in [1.82, 2.24) is 19.4 Å². The number of amides is 2. The molecule has 10 nitrogen and oxygen atoms in total. The first-order chi connectivity index (χ1) is 19.9. The first-order valence-corrected chi connectivity index (χ1v) is 14.1. The summed E-state index contributed by atoms with van der Waals surface area (Å²) in [5.74, 6) is 0.380. The molecular formula is C31H35N5O5. The number of benzene rings is 2. The highest BCUT2D eigenvalue weighted by atomic mass is 16.5. The third kappa shape index (κ3) is 6.02. The van der Waals surface area contributed by atoms with Gasteiger partial charge in [-0.3, -0.25) is 14.5 Å². The SMILES string of the molecule is CCCCc1nc2c(N)nc3ccc(CCCOCCCN4C(=O)C=CC4=O)cc3c2n1Cc1cccc(O)c1O. The van der Waals surface area contributed by atoms with Crippen LogP contribution in [0.4, 0.5) is 5.82 Å². The summed E-state index contributed by atoms with van der Waals surface area (Å²) in [4.78, 5) is 34.0. The Morgan fingerprint density at radius 3 is 2.51 bits per heavy atom. The lowest BCUT2D eigenvalue weighted by atomic mass is 10.1. The summed E-state index contributed by atoms with van der Waals surface area (Å²) in [6.07, 6.45) is 7.48. The van der Waals surface area contributed by atoms with Crippen molar-refractivity contribution >= 4 is 39.6 Å². The molecule has 41 heavy (non-hydrogen) atoms. The Bertz CT molecular complexity index is 1610. The molecule has 1 aliphatic heterocycles. The molecule has 0 bridgehead atoms. The number of carbonyl (C=O) groups is 2. The van der Waals surface area contributed by atoms with Crippen LogP contribution in [0, 0.1) is 0 Å². The van der Waals surface area contributed by atoms with E-state index in [1.807, 2.05) is 12.1 Å². The standard InChI is InChI=1S/C31H35N5O5/c1-2-3-10-25-34-28-29(36(25)19-21-8-4-9-24(37)30(21)40)22-18-20(11-12-23(22)33-31(28)32)7-5-16-41-17-6-15-35-26(38)13-14-27(35)39/h4,8-9,11-14,18,37,40H,2-3,5-7,10,15-17,19H2,1H3,(H2,32,33). The summed E-state index contributed by atoms with van der Waals surface area (Å²) in [5, 5.41) is 21.5. The molecule has 214 valence electrons. The maximum atomic E-state index is 11.6. The van der Waals surface area contributed by atoms with Crippen molar-refractivity contribution < 1.29 is 24.5 Å². The number of aryl methyl sites for hydroxylation is 2. The molecule has 2 aromatic heterocycles. The van der Waals surface area contributed by atoms with Crippen molar-refractivity contribution in [3.05, 3.63) is 65.5 Å². The fraction of sp³-hybridized carbons (Fsp3) is 0.355. The second-order valence-corrected chi connectivity index (χ2v) is 10.3. The number of hydrogen-bond acceptors (Lipinski definition) is 8. The molecule has 4 aromatic rings. The summed E-state index contributed by atoms with van der Waals surface area (Å²) in [7, 11) is 0. The van der Waals surface area contributed by atoms with Gasteiger partial charge in [-0.2, -0.15) is 0 Å². The van der Waals surface area contributed by atoms with E-state index in [1.165, 1.54) is 23.1 Å². The average molecular weight is 558 g/mol. The van der Waals surface area contributed by atoms with Crippen LogP contribution in [0.1, 0.15) is 49.6 Å². The number of fused-ring (bicyclic) bond motifs is 3. The lowest BCUT2D eigenvalue weighted by Gasteiger charge is -2.14. The summed E-state index contributed by atoms with van der Waals surface area (Å²) >= 11 is 0. The van der Waals surface area contributed by atoms with E-state index in [0.717, 1.165) is 59.9 Å². The second-order valence-electron chi connectivity index (χ2n) is 10.3. The molecule has 0 radical (unpaired) electrons. The number of nitrogens with two attached hydrogens (primary N) is 1. The zero-order valence-corrected chi connectivity index (χ0v) is 23.2. The van der Waals surface area contributed by atoms with Crippen molar-refractivity contribution in [2.24, 2.45) is 0 Å². The van der Waals surface area contributed by atoms with E-state index < -0.39 is 0 Å². The smallest absolute Gasteiger partial charge is 0.253 e. The third-order valence-electron chi connectivity index (χ3n) is 7.35. The quantitative estimate of drug-likeness (QED) is 0.126. The van der Waals surface area contributed by atoms with E-state index in [9.17, 15) is 19.8 Å². The number of rotatable bonds is 13. The van der Waals surface area contributed by atoms with Crippen LogP contribution in [0.3, 0.4) is 0 Å². The number of imide groups is 1. The highest BCUT2D eigenvalue weighted by Crippen LogP contribution is 2.34. The van der Waals surface area contributed by atoms with Crippen molar-refractivity contribution in [3.8, 4) is 11.5 Å². The number of pyridine rings is 1. The highest BCUT2D eigenvalue weighted by Gasteiger charge is 2.22. The number of carbonyl (C=O) groups excluding carboxylic acids is 2. The van der Waals surface area contributed by atoms with Crippen LogP contribution >= 0.6 is 0 Å². The molecule has 0 saturated heterocycles. The number of unbranched alkanes of at least 4 members (excludes halogenated alkanes) is 1. The molecule has 2 amide bonds. The van der Waals surface area contributed by atoms with Crippen molar-refractivity contribution in [2.45, 2.75) is 52.0 Å². The van der Waals surface area contributed by atoms with Crippen molar-refractivity contribution in [1.29, 1.82) is 0 Å². The summed E-state index contributed by atoms with van der Waals surface area (Å²) in [6, 6.07) is 11.1. The number of imidazole rings is 1. The Kier molecular flexibility index (Phi) is 8.49. The number of aromatic nitrogens is 3. The Morgan fingerprint density at radius 1 is 0.951 bits per heavy atom. The van der Waals surface area contributed by atoms with Gasteiger partial charge < -0.3 is 25.3 Å². The Hall–Kier alpha value is -4.44.